The van der Waals surface area contributed by atoms with E-state index in [1.807, 2.05) is 6.08 Å². The molecule has 1 N–H and O–H groups in total. The first-order chi connectivity index (χ1) is 8.25. The van der Waals surface area contributed by atoms with Gasteiger partial charge >= 0.3 is 0 Å². The summed E-state index contributed by atoms with van der Waals surface area (Å²) in [5.74, 6) is 0.810. The lowest BCUT2D eigenvalue weighted by Crippen LogP contribution is -2.28. The molecule has 0 aromatic heterocycles. The fraction of sp³-hybridized carbons (Fsp3) is 0.533. The first-order valence-corrected chi connectivity index (χ1v) is 6.58. The van der Waals surface area contributed by atoms with E-state index in [2.05, 4.69) is 30.5 Å². The summed E-state index contributed by atoms with van der Waals surface area (Å²) in [7, 11) is 0. The fourth-order valence-electron chi connectivity index (χ4n) is 2.16. The normalized spacial score (nSPS) is 22.5. The number of amides is 1. The zero-order valence-corrected chi connectivity index (χ0v) is 10.5. The maximum Gasteiger partial charge on any atom is 0.246 e. The monoisotopic (exact) mass is 231 g/mol. The molecule has 1 amide bonds. The number of allylic oxidation sites excluding steroid dienone is 5. The van der Waals surface area contributed by atoms with Crippen molar-refractivity contribution in [3.63, 3.8) is 0 Å². The molecular weight excluding hydrogens is 210 g/mol. The van der Waals surface area contributed by atoms with E-state index >= 15 is 0 Å². The van der Waals surface area contributed by atoms with Gasteiger partial charge in [0.1, 0.15) is 0 Å². The third-order valence-electron chi connectivity index (χ3n) is 3.51. The summed E-state index contributed by atoms with van der Waals surface area (Å²) in [5.41, 5.74) is 2.34. The van der Waals surface area contributed by atoms with Crippen molar-refractivity contribution in [2.24, 2.45) is 5.92 Å². The Morgan fingerprint density at radius 3 is 2.88 bits per heavy atom. The van der Waals surface area contributed by atoms with E-state index in [0.29, 0.717) is 5.92 Å². The van der Waals surface area contributed by atoms with Crippen molar-refractivity contribution in [1.29, 1.82) is 0 Å². The molecule has 0 spiro atoms. The van der Waals surface area contributed by atoms with Crippen LogP contribution in [0.3, 0.4) is 0 Å². The minimum Gasteiger partial charge on any atom is -0.352 e. The van der Waals surface area contributed by atoms with Crippen molar-refractivity contribution in [2.75, 3.05) is 6.54 Å². The number of hydrogen-bond donors (Lipinski definition) is 1. The van der Waals surface area contributed by atoms with Crippen molar-refractivity contribution in [1.82, 2.24) is 5.32 Å². The van der Waals surface area contributed by atoms with E-state index in [4.69, 9.17) is 0 Å². The second-order valence-corrected chi connectivity index (χ2v) is 4.97. The summed E-state index contributed by atoms with van der Waals surface area (Å²) in [6.07, 6.45) is 14.2. The highest BCUT2D eigenvalue weighted by molar-refractivity contribution is 5.94. The van der Waals surface area contributed by atoms with Crippen LogP contribution in [0.5, 0.6) is 0 Å². The van der Waals surface area contributed by atoms with Gasteiger partial charge in [0.05, 0.1) is 0 Å². The molecule has 0 aromatic carbocycles. The second-order valence-electron chi connectivity index (χ2n) is 4.97. The first-order valence-electron chi connectivity index (χ1n) is 6.58. The van der Waals surface area contributed by atoms with E-state index in [1.54, 1.807) is 0 Å². The van der Waals surface area contributed by atoms with E-state index in [9.17, 15) is 4.79 Å². The molecule has 0 aromatic rings. The third kappa shape index (κ3) is 3.58. The number of rotatable bonds is 5. The summed E-state index contributed by atoms with van der Waals surface area (Å²) in [6.45, 7) is 2.95. The Balaban J connectivity index is 1.57. The summed E-state index contributed by atoms with van der Waals surface area (Å²) >= 11 is 0. The molecule has 2 heteroatoms. The van der Waals surface area contributed by atoms with Crippen LogP contribution in [0.4, 0.5) is 0 Å². The Morgan fingerprint density at radius 1 is 1.47 bits per heavy atom. The van der Waals surface area contributed by atoms with Gasteiger partial charge in [0.15, 0.2) is 0 Å². The zero-order chi connectivity index (χ0) is 12.1. The molecule has 0 bridgehead atoms. The molecule has 0 aliphatic heterocycles. The molecule has 0 heterocycles. The van der Waals surface area contributed by atoms with Crippen LogP contribution in [0, 0.1) is 5.92 Å². The average molecular weight is 231 g/mol. The van der Waals surface area contributed by atoms with Gasteiger partial charge in [-0.1, -0.05) is 29.9 Å². The molecule has 1 unspecified atom stereocenters. The van der Waals surface area contributed by atoms with Crippen molar-refractivity contribution in [3.8, 4) is 0 Å². The predicted octanol–water partition coefficient (Wildman–Crippen LogP) is 3.13. The number of carbonyl (C=O) groups is 1. The lowest BCUT2D eigenvalue weighted by atomic mass is 9.93. The van der Waals surface area contributed by atoms with Crippen molar-refractivity contribution in [3.05, 3.63) is 35.5 Å². The Bertz CT molecular complexity index is 376. The second kappa shape index (κ2) is 5.85. The van der Waals surface area contributed by atoms with Gasteiger partial charge in [0.2, 0.25) is 5.91 Å². The maximum atomic E-state index is 11.5. The Kier molecular flexibility index (Phi) is 4.18. The minimum absolute atomic E-state index is 0.145. The van der Waals surface area contributed by atoms with Gasteiger partial charge in [-0.3, -0.25) is 4.79 Å². The van der Waals surface area contributed by atoms with Crippen LogP contribution < -0.4 is 5.32 Å². The van der Waals surface area contributed by atoms with Crippen molar-refractivity contribution >= 4 is 5.91 Å². The fourth-order valence-corrected chi connectivity index (χ4v) is 2.16. The highest BCUT2D eigenvalue weighted by Crippen LogP contribution is 2.20. The van der Waals surface area contributed by atoms with Gasteiger partial charge in [-0.2, -0.15) is 0 Å². The van der Waals surface area contributed by atoms with Crippen LogP contribution in [0.1, 0.15) is 39.0 Å². The van der Waals surface area contributed by atoms with E-state index in [0.717, 1.165) is 37.8 Å². The van der Waals surface area contributed by atoms with Gasteiger partial charge in [-0.15, -0.1) is 0 Å². The predicted molar refractivity (Wildman–Crippen MR) is 70.6 cm³/mol. The SMILES string of the molecule is CC1=CCC(CCCNC(=O)C2=CCC2)C=C1. The first kappa shape index (κ1) is 12.2. The quantitative estimate of drug-likeness (QED) is 0.724. The van der Waals surface area contributed by atoms with Crippen LogP contribution in [0.15, 0.2) is 35.5 Å². The number of hydrogen-bond acceptors (Lipinski definition) is 1. The van der Waals surface area contributed by atoms with Crippen molar-refractivity contribution in [2.45, 2.75) is 39.0 Å². The Labute approximate surface area is 103 Å². The molecule has 2 aliphatic rings. The van der Waals surface area contributed by atoms with E-state index in [1.165, 1.54) is 12.0 Å². The van der Waals surface area contributed by atoms with Crippen LogP contribution in [-0.2, 0) is 4.79 Å². The van der Waals surface area contributed by atoms with Crippen LogP contribution in [-0.4, -0.2) is 12.5 Å². The largest absolute Gasteiger partial charge is 0.352 e. The van der Waals surface area contributed by atoms with Crippen LogP contribution in [0.25, 0.3) is 0 Å². The smallest absolute Gasteiger partial charge is 0.246 e. The maximum absolute atomic E-state index is 11.5. The molecular formula is C15H21NO. The summed E-state index contributed by atoms with van der Waals surface area (Å²) < 4.78 is 0. The molecule has 2 nitrogen and oxygen atoms in total. The van der Waals surface area contributed by atoms with Crippen LogP contribution in [0.2, 0.25) is 0 Å². The van der Waals surface area contributed by atoms with Gasteiger partial charge in [-0.05, 0) is 44.9 Å². The summed E-state index contributed by atoms with van der Waals surface area (Å²) in [5, 5.41) is 2.99. The highest BCUT2D eigenvalue weighted by Gasteiger charge is 2.14. The van der Waals surface area contributed by atoms with E-state index in [-0.39, 0.29) is 5.91 Å². The molecule has 92 valence electrons. The average Bonchev–Trinajstić information content (AvgIpc) is 2.24. The topological polar surface area (TPSA) is 29.1 Å². The molecule has 17 heavy (non-hydrogen) atoms. The molecule has 0 radical (unpaired) electrons. The zero-order valence-electron chi connectivity index (χ0n) is 10.5. The highest BCUT2D eigenvalue weighted by atomic mass is 16.1. The van der Waals surface area contributed by atoms with Crippen LogP contribution >= 0.6 is 0 Å². The Morgan fingerprint density at radius 2 is 2.29 bits per heavy atom. The molecule has 0 saturated heterocycles. The van der Waals surface area contributed by atoms with Crippen molar-refractivity contribution < 1.29 is 4.79 Å². The van der Waals surface area contributed by atoms with Gasteiger partial charge < -0.3 is 5.32 Å². The number of carbonyl (C=O) groups excluding carboxylic acids is 1. The molecule has 2 rings (SSSR count). The van der Waals surface area contributed by atoms with E-state index < -0.39 is 0 Å². The molecule has 1 atom stereocenters. The molecule has 0 fully saturated rings. The summed E-state index contributed by atoms with van der Waals surface area (Å²) in [4.78, 5) is 11.5. The number of nitrogens with one attached hydrogen (secondary N) is 1. The Hall–Kier alpha value is -1.31. The lowest BCUT2D eigenvalue weighted by molar-refractivity contribution is -0.117. The minimum atomic E-state index is 0.145. The molecule has 2 aliphatic carbocycles. The van der Waals surface area contributed by atoms with Gasteiger partial charge in [0.25, 0.3) is 0 Å². The third-order valence-corrected chi connectivity index (χ3v) is 3.51. The van der Waals surface area contributed by atoms with Gasteiger partial charge in [0, 0.05) is 12.1 Å². The summed E-state index contributed by atoms with van der Waals surface area (Å²) in [6, 6.07) is 0. The van der Waals surface area contributed by atoms with Gasteiger partial charge in [-0.25, -0.2) is 0 Å². The standard InChI is InChI=1S/C15H21NO/c1-12-7-9-13(10-8-12)4-3-11-16-15(17)14-5-2-6-14/h5,7-9,13H,2-4,6,10-11H2,1H3,(H,16,17). The molecule has 0 saturated carbocycles. The lowest BCUT2D eigenvalue weighted by Gasteiger charge is -2.16.